The van der Waals surface area contributed by atoms with Crippen LogP contribution in [0.5, 0.6) is 23.0 Å². The van der Waals surface area contributed by atoms with E-state index < -0.39 is 11.8 Å². The fourth-order valence-corrected chi connectivity index (χ4v) is 2.52. The molecular weight excluding hydrogens is 402 g/mol. The first kappa shape index (κ1) is 21.8. The van der Waals surface area contributed by atoms with E-state index in [1.807, 2.05) is 0 Å². The number of methoxy groups -OCH3 is 4. The number of carbonyl (C=O) groups is 2. The molecule has 29 heavy (non-hydrogen) atoms. The molecule has 2 N–H and O–H groups in total. The fourth-order valence-electron chi connectivity index (χ4n) is 2.35. The molecule has 0 fully saturated rings. The number of hydrogen-bond donors (Lipinski definition) is 2. The van der Waals surface area contributed by atoms with Gasteiger partial charge in [-0.15, -0.1) is 0 Å². The van der Waals surface area contributed by atoms with E-state index in [9.17, 15) is 9.59 Å². The Morgan fingerprint density at radius 3 is 2.07 bits per heavy atom. The van der Waals surface area contributed by atoms with Crippen molar-refractivity contribution in [3.05, 3.63) is 40.9 Å². The normalized spacial score (nSPS) is 10.4. The van der Waals surface area contributed by atoms with Crippen molar-refractivity contribution in [2.45, 2.75) is 0 Å². The van der Waals surface area contributed by atoms with E-state index in [0.717, 1.165) is 0 Å². The SMILES string of the molecule is COc1ccc(Cl)cc1NC(=O)C(=O)N/N=C\c1cc(OC)c(OC)c(OC)c1. The topological polar surface area (TPSA) is 107 Å². The molecule has 0 aromatic heterocycles. The molecular formula is C19H20ClN3O6. The molecule has 9 nitrogen and oxygen atoms in total. The van der Waals surface area contributed by atoms with Crippen molar-refractivity contribution in [2.75, 3.05) is 33.8 Å². The van der Waals surface area contributed by atoms with Gasteiger partial charge in [0.2, 0.25) is 5.75 Å². The molecule has 0 unspecified atom stereocenters. The van der Waals surface area contributed by atoms with Gasteiger partial charge in [-0.3, -0.25) is 9.59 Å². The predicted molar refractivity (Wildman–Crippen MR) is 108 cm³/mol. The van der Waals surface area contributed by atoms with Crippen LogP contribution in [0.1, 0.15) is 5.56 Å². The molecule has 154 valence electrons. The quantitative estimate of drug-likeness (QED) is 0.404. The number of ether oxygens (including phenoxy) is 4. The summed E-state index contributed by atoms with van der Waals surface area (Å²) < 4.78 is 20.8. The molecule has 0 atom stereocenters. The van der Waals surface area contributed by atoms with E-state index in [1.54, 1.807) is 24.3 Å². The van der Waals surface area contributed by atoms with E-state index in [4.69, 9.17) is 30.5 Å². The summed E-state index contributed by atoms with van der Waals surface area (Å²) in [7, 11) is 5.88. The van der Waals surface area contributed by atoms with Crippen LogP contribution in [0.2, 0.25) is 5.02 Å². The molecule has 2 aromatic rings. The Morgan fingerprint density at radius 1 is 0.897 bits per heavy atom. The minimum atomic E-state index is -0.976. The fraction of sp³-hybridized carbons (Fsp3) is 0.211. The largest absolute Gasteiger partial charge is 0.495 e. The molecule has 2 rings (SSSR count). The highest BCUT2D eigenvalue weighted by Crippen LogP contribution is 2.37. The van der Waals surface area contributed by atoms with Crippen molar-refractivity contribution in [1.82, 2.24) is 5.43 Å². The van der Waals surface area contributed by atoms with Crippen molar-refractivity contribution in [2.24, 2.45) is 5.10 Å². The maximum atomic E-state index is 12.1. The third-order valence-corrected chi connectivity index (χ3v) is 3.92. The van der Waals surface area contributed by atoms with E-state index in [2.05, 4.69) is 15.8 Å². The second-order valence-electron chi connectivity index (χ2n) is 5.46. The molecule has 0 spiro atoms. The Kier molecular flexibility index (Phi) is 7.67. The highest BCUT2D eigenvalue weighted by molar-refractivity contribution is 6.40. The van der Waals surface area contributed by atoms with Gasteiger partial charge in [-0.1, -0.05) is 11.6 Å². The number of anilines is 1. The van der Waals surface area contributed by atoms with Crippen molar-refractivity contribution >= 4 is 35.3 Å². The Morgan fingerprint density at radius 2 is 1.52 bits per heavy atom. The summed E-state index contributed by atoms with van der Waals surface area (Å²) in [5.74, 6) is -0.290. The van der Waals surface area contributed by atoms with Gasteiger partial charge >= 0.3 is 11.8 Å². The molecule has 10 heteroatoms. The standard InChI is InChI=1S/C19H20ClN3O6/c1-26-14-6-5-12(20)9-13(14)22-18(24)19(25)23-21-10-11-7-15(27-2)17(29-4)16(8-11)28-3/h5-10H,1-4H3,(H,22,24)(H,23,25)/b21-10-. The zero-order valence-electron chi connectivity index (χ0n) is 16.2. The van der Waals surface area contributed by atoms with Crippen LogP contribution < -0.4 is 29.7 Å². The Balaban J connectivity index is 2.08. The number of hydrogen-bond acceptors (Lipinski definition) is 7. The molecule has 0 bridgehead atoms. The molecule has 0 saturated heterocycles. The van der Waals surface area contributed by atoms with Crippen molar-refractivity contribution in [3.8, 4) is 23.0 Å². The van der Waals surface area contributed by atoms with Gasteiger partial charge in [0.15, 0.2) is 11.5 Å². The Bertz CT molecular complexity index is 907. The molecule has 2 aromatic carbocycles. The molecule has 0 aliphatic carbocycles. The average Bonchev–Trinajstić information content (AvgIpc) is 2.72. The van der Waals surface area contributed by atoms with Crippen molar-refractivity contribution in [3.63, 3.8) is 0 Å². The number of hydrazone groups is 1. The monoisotopic (exact) mass is 421 g/mol. The lowest BCUT2D eigenvalue weighted by molar-refractivity contribution is -0.136. The average molecular weight is 422 g/mol. The first-order chi connectivity index (χ1) is 13.9. The second kappa shape index (κ2) is 10.2. The van der Waals surface area contributed by atoms with Gasteiger partial charge in [0.25, 0.3) is 0 Å². The second-order valence-corrected chi connectivity index (χ2v) is 5.89. The van der Waals surface area contributed by atoms with Crippen LogP contribution >= 0.6 is 11.6 Å². The smallest absolute Gasteiger partial charge is 0.329 e. The van der Waals surface area contributed by atoms with Crippen molar-refractivity contribution < 1.29 is 28.5 Å². The summed E-state index contributed by atoms with van der Waals surface area (Å²) in [6, 6.07) is 7.89. The minimum Gasteiger partial charge on any atom is -0.495 e. The van der Waals surface area contributed by atoms with Gasteiger partial charge in [-0.25, -0.2) is 5.43 Å². The zero-order valence-corrected chi connectivity index (χ0v) is 17.0. The lowest BCUT2D eigenvalue weighted by Gasteiger charge is -2.12. The summed E-state index contributed by atoms with van der Waals surface area (Å²) in [5, 5.41) is 6.56. The van der Waals surface area contributed by atoms with Crippen LogP contribution in [-0.2, 0) is 9.59 Å². The summed E-state index contributed by atoms with van der Waals surface area (Å²) in [6.07, 6.45) is 1.33. The van der Waals surface area contributed by atoms with E-state index in [1.165, 1.54) is 40.7 Å². The predicted octanol–water partition coefficient (Wildman–Crippen LogP) is 2.46. The van der Waals surface area contributed by atoms with Crippen molar-refractivity contribution in [1.29, 1.82) is 0 Å². The van der Waals surface area contributed by atoms with E-state index in [-0.39, 0.29) is 5.69 Å². The van der Waals surface area contributed by atoms with Gasteiger partial charge in [0.05, 0.1) is 40.3 Å². The summed E-state index contributed by atoms with van der Waals surface area (Å²) in [4.78, 5) is 24.1. The maximum absolute atomic E-state index is 12.1. The molecule has 0 aliphatic heterocycles. The number of nitrogens with one attached hydrogen (secondary N) is 2. The van der Waals surface area contributed by atoms with Gasteiger partial charge in [-0.2, -0.15) is 5.10 Å². The lowest BCUT2D eigenvalue weighted by Crippen LogP contribution is -2.32. The number of halogens is 1. The number of benzene rings is 2. The van der Waals surface area contributed by atoms with E-state index >= 15 is 0 Å². The molecule has 2 amide bonds. The molecule has 0 saturated carbocycles. The molecule has 0 heterocycles. The molecule has 0 radical (unpaired) electrons. The number of carbonyl (C=O) groups excluding carboxylic acids is 2. The van der Waals surface area contributed by atoms with Gasteiger partial charge in [0.1, 0.15) is 5.75 Å². The third-order valence-electron chi connectivity index (χ3n) is 3.68. The van der Waals surface area contributed by atoms with Crippen LogP contribution in [-0.4, -0.2) is 46.5 Å². The first-order valence-electron chi connectivity index (χ1n) is 8.21. The number of amides is 2. The zero-order chi connectivity index (χ0) is 21.4. The minimum absolute atomic E-state index is 0.258. The maximum Gasteiger partial charge on any atom is 0.329 e. The molecule has 0 aliphatic rings. The van der Waals surface area contributed by atoms with Crippen LogP contribution in [0.15, 0.2) is 35.4 Å². The summed E-state index contributed by atoms with van der Waals surface area (Å²) in [5.41, 5.74) is 2.95. The lowest BCUT2D eigenvalue weighted by atomic mass is 10.2. The van der Waals surface area contributed by atoms with Crippen LogP contribution in [0.4, 0.5) is 5.69 Å². The van der Waals surface area contributed by atoms with Gasteiger partial charge in [-0.05, 0) is 30.3 Å². The summed E-state index contributed by atoms with van der Waals surface area (Å²) >= 11 is 5.90. The number of nitrogens with zero attached hydrogens (tertiary/aromatic N) is 1. The number of rotatable bonds is 7. The summed E-state index contributed by atoms with van der Waals surface area (Å²) in [6.45, 7) is 0. The Hall–Kier alpha value is -3.46. The van der Waals surface area contributed by atoms with Crippen LogP contribution in [0.25, 0.3) is 0 Å². The Labute approximate surface area is 172 Å². The van der Waals surface area contributed by atoms with Crippen LogP contribution in [0, 0.1) is 0 Å². The highest BCUT2D eigenvalue weighted by atomic mass is 35.5. The van der Waals surface area contributed by atoms with Crippen LogP contribution in [0.3, 0.4) is 0 Å². The highest BCUT2D eigenvalue weighted by Gasteiger charge is 2.16. The van der Waals surface area contributed by atoms with Gasteiger partial charge < -0.3 is 24.3 Å². The van der Waals surface area contributed by atoms with E-state index in [0.29, 0.717) is 33.6 Å². The van der Waals surface area contributed by atoms with Gasteiger partial charge in [0, 0.05) is 10.6 Å². The third kappa shape index (κ3) is 5.52. The first-order valence-corrected chi connectivity index (χ1v) is 8.59.